The number of aliphatic hydroxyl groups excluding tert-OH is 3. The number of hydrogen-bond donors (Lipinski definition) is 5. The molecule has 0 aliphatic rings. The van der Waals surface area contributed by atoms with Crippen molar-refractivity contribution in [3.05, 3.63) is 0 Å². The SMILES string of the molecule is CC(CO)(CO)CO.O[B]O. The molecule has 5 nitrogen and oxygen atoms in total. The molecule has 0 atom stereocenters. The van der Waals surface area contributed by atoms with E-state index < -0.39 is 5.41 Å². The van der Waals surface area contributed by atoms with Gasteiger partial charge in [0.25, 0.3) is 0 Å². The van der Waals surface area contributed by atoms with Gasteiger partial charge >= 0.3 is 7.69 Å². The average Bonchev–Trinajstić information content (AvgIpc) is 2.05. The lowest BCUT2D eigenvalue weighted by molar-refractivity contribution is 0.0200. The molecule has 0 spiro atoms. The summed E-state index contributed by atoms with van der Waals surface area (Å²) in [4.78, 5) is 0. The van der Waals surface area contributed by atoms with Crippen LogP contribution in [0.4, 0.5) is 0 Å². The van der Waals surface area contributed by atoms with Crippen molar-refractivity contribution in [2.75, 3.05) is 19.8 Å². The Morgan fingerprint density at radius 2 is 1.18 bits per heavy atom. The molecular formula is C5H14BO5. The van der Waals surface area contributed by atoms with Gasteiger partial charge < -0.3 is 25.4 Å². The average molecular weight is 165 g/mol. The third-order valence-corrected chi connectivity index (χ3v) is 1.15. The van der Waals surface area contributed by atoms with Crippen LogP contribution in [0.25, 0.3) is 0 Å². The maximum atomic E-state index is 8.47. The van der Waals surface area contributed by atoms with Crippen LogP contribution in [0.1, 0.15) is 6.92 Å². The third-order valence-electron chi connectivity index (χ3n) is 1.15. The van der Waals surface area contributed by atoms with Gasteiger partial charge in [-0.25, -0.2) is 0 Å². The Balaban J connectivity index is 0. The van der Waals surface area contributed by atoms with E-state index in [4.69, 9.17) is 25.4 Å². The number of rotatable bonds is 3. The van der Waals surface area contributed by atoms with Gasteiger partial charge in [0.1, 0.15) is 0 Å². The van der Waals surface area contributed by atoms with Crippen molar-refractivity contribution < 1.29 is 25.4 Å². The molecule has 1 radical (unpaired) electrons. The van der Waals surface area contributed by atoms with Crippen LogP contribution in [0.5, 0.6) is 0 Å². The molecule has 0 rings (SSSR count). The van der Waals surface area contributed by atoms with Gasteiger partial charge in [-0.3, -0.25) is 0 Å². The zero-order valence-electron chi connectivity index (χ0n) is 6.43. The smallest absolute Gasteiger partial charge is 0.429 e. The van der Waals surface area contributed by atoms with E-state index in [-0.39, 0.29) is 27.5 Å². The lowest BCUT2D eigenvalue weighted by Gasteiger charge is -2.20. The van der Waals surface area contributed by atoms with Gasteiger partial charge in [0, 0.05) is 5.41 Å². The summed E-state index contributed by atoms with van der Waals surface area (Å²) in [5, 5.41) is 39.4. The molecule has 0 fully saturated rings. The fraction of sp³-hybridized carbons (Fsp3) is 1.00. The molecular weight excluding hydrogens is 151 g/mol. The Labute approximate surface area is 66.2 Å². The quantitative estimate of drug-likeness (QED) is 0.297. The summed E-state index contributed by atoms with van der Waals surface area (Å²) >= 11 is 0. The van der Waals surface area contributed by atoms with Crippen molar-refractivity contribution in [1.29, 1.82) is 0 Å². The Kier molecular flexibility index (Phi) is 9.74. The molecule has 67 valence electrons. The minimum atomic E-state index is -0.708. The molecule has 0 aromatic rings. The van der Waals surface area contributed by atoms with E-state index in [0.717, 1.165) is 0 Å². The summed E-state index contributed by atoms with van der Waals surface area (Å²) < 4.78 is 0. The number of hydrogen-bond acceptors (Lipinski definition) is 5. The van der Waals surface area contributed by atoms with Crippen LogP contribution in [0, 0.1) is 5.41 Å². The molecule has 0 heterocycles. The lowest BCUT2D eigenvalue weighted by Crippen LogP contribution is -2.29. The molecule has 0 amide bonds. The van der Waals surface area contributed by atoms with Gasteiger partial charge in [-0.1, -0.05) is 6.92 Å². The van der Waals surface area contributed by atoms with Crippen molar-refractivity contribution in [2.45, 2.75) is 6.92 Å². The van der Waals surface area contributed by atoms with Crippen LogP contribution < -0.4 is 0 Å². The molecule has 0 aliphatic heterocycles. The summed E-state index contributed by atoms with van der Waals surface area (Å²) in [6.07, 6.45) is 0. The first-order valence-electron chi connectivity index (χ1n) is 3.03. The molecule has 11 heavy (non-hydrogen) atoms. The second kappa shape index (κ2) is 7.97. The van der Waals surface area contributed by atoms with Crippen LogP contribution in [-0.4, -0.2) is 52.9 Å². The van der Waals surface area contributed by atoms with Gasteiger partial charge in [0.15, 0.2) is 0 Å². The van der Waals surface area contributed by atoms with Gasteiger partial charge in [0.2, 0.25) is 0 Å². The summed E-state index contributed by atoms with van der Waals surface area (Å²) in [5.41, 5.74) is -0.708. The van der Waals surface area contributed by atoms with Crippen LogP contribution in [0.15, 0.2) is 0 Å². The zero-order chi connectivity index (χ0) is 9.33. The minimum absolute atomic E-state index is 0. The van der Waals surface area contributed by atoms with Gasteiger partial charge in [-0.15, -0.1) is 0 Å². The molecule has 0 aromatic carbocycles. The van der Waals surface area contributed by atoms with E-state index >= 15 is 0 Å². The first-order chi connectivity index (χ1) is 5.10. The largest absolute Gasteiger partial charge is 0.482 e. The molecule has 0 aromatic heterocycles. The Bertz CT molecular complexity index is 67.0. The van der Waals surface area contributed by atoms with Crippen LogP contribution in [-0.2, 0) is 0 Å². The molecule has 0 saturated carbocycles. The van der Waals surface area contributed by atoms with Gasteiger partial charge in [-0.05, 0) is 0 Å². The normalized spacial score (nSPS) is 10.0. The second-order valence-corrected chi connectivity index (χ2v) is 2.40. The molecule has 6 heteroatoms. The topological polar surface area (TPSA) is 101 Å². The van der Waals surface area contributed by atoms with Crippen molar-refractivity contribution in [1.82, 2.24) is 0 Å². The van der Waals surface area contributed by atoms with Crippen LogP contribution in [0.2, 0.25) is 0 Å². The molecule has 0 unspecified atom stereocenters. The molecule has 5 N–H and O–H groups in total. The van der Waals surface area contributed by atoms with Crippen molar-refractivity contribution in [3.8, 4) is 0 Å². The maximum absolute atomic E-state index is 8.47. The van der Waals surface area contributed by atoms with E-state index in [1.54, 1.807) is 6.92 Å². The lowest BCUT2D eigenvalue weighted by atomic mass is 9.95. The van der Waals surface area contributed by atoms with Crippen molar-refractivity contribution in [3.63, 3.8) is 0 Å². The zero-order valence-corrected chi connectivity index (χ0v) is 6.43. The molecule has 0 saturated heterocycles. The highest BCUT2D eigenvalue weighted by molar-refractivity contribution is 6.13. The highest BCUT2D eigenvalue weighted by Crippen LogP contribution is 2.10. The van der Waals surface area contributed by atoms with E-state index in [0.29, 0.717) is 0 Å². The summed E-state index contributed by atoms with van der Waals surface area (Å²) in [7, 11) is 0. The Hall–Kier alpha value is -0.135. The van der Waals surface area contributed by atoms with E-state index in [2.05, 4.69) is 0 Å². The number of aliphatic hydroxyl groups is 3. The van der Waals surface area contributed by atoms with Crippen LogP contribution in [0.3, 0.4) is 0 Å². The third kappa shape index (κ3) is 7.76. The first kappa shape index (κ1) is 13.5. The summed E-state index contributed by atoms with van der Waals surface area (Å²) in [5.74, 6) is 0. The van der Waals surface area contributed by atoms with Crippen LogP contribution >= 0.6 is 0 Å². The first-order valence-corrected chi connectivity index (χ1v) is 3.03. The second-order valence-electron chi connectivity index (χ2n) is 2.40. The Morgan fingerprint density at radius 1 is 1.00 bits per heavy atom. The fourth-order valence-electron chi connectivity index (χ4n) is 0.150. The highest BCUT2D eigenvalue weighted by atomic mass is 16.4. The van der Waals surface area contributed by atoms with E-state index in [1.165, 1.54) is 0 Å². The Morgan fingerprint density at radius 3 is 1.18 bits per heavy atom. The fourth-order valence-corrected chi connectivity index (χ4v) is 0.150. The summed E-state index contributed by atoms with van der Waals surface area (Å²) in [6.45, 7) is 1.06. The highest BCUT2D eigenvalue weighted by Gasteiger charge is 2.20. The summed E-state index contributed by atoms with van der Waals surface area (Å²) in [6, 6.07) is 0. The van der Waals surface area contributed by atoms with Crippen molar-refractivity contribution in [2.24, 2.45) is 5.41 Å². The van der Waals surface area contributed by atoms with Crippen molar-refractivity contribution >= 4 is 7.69 Å². The molecule has 0 aliphatic carbocycles. The van der Waals surface area contributed by atoms with Gasteiger partial charge in [-0.2, -0.15) is 0 Å². The van der Waals surface area contributed by atoms with Gasteiger partial charge in [0.05, 0.1) is 19.8 Å². The predicted molar refractivity (Wildman–Crippen MR) is 39.6 cm³/mol. The molecule has 0 bridgehead atoms. The standard InChI is InChI=1S/C5H12O3.BH2O2/c1-5(2-6,3-7)4-8;2-1-3/h6-8H,2-4H2,1H3;2-3H. The maximum Gasteiger partial charge on any atom is 0.482 e. The van der Waals surface area contributed by atoms with E-state index in [1.807, 2.05) is 0 Å². The monoisotopic (exact) mass is 165 g/mol. The predicted octanol–water partition coefficient (Wildman–Crippen LogP) is -2.53. The minimum Gasteiger partial charge on any atom is -0.429 e. The van der Waals surface area contributed by atoms with E-state index in [9.17, 15) is 0 Å².